The van der Waals surface area contributed by atoms with Crippen molar-refractivity contribution >= 4 is 10.0 Å². The van der Waals surface area contributed by atoms with Gasteiger partial charge in [0.1, 0.15) is 5.75 Å². The van der Waals surface area contributed by atoms with Crippen molar-refractivity contribution in [1.82, 2.24) is 9.21 Å². The second kappa shape index (κ2) is 7.64. The molecule has 0 aliphatic carbocycles. The molecule has 1 aromatic rings. The number of hydrogen-bond acceptors (Lipinski definition) is 4. The van der Waals surface area contributed by atoms with Gasteiger partial charge in [0.15, 0.2) is 0 Å². The summed E-state index contributed by atoms with van der Waals surface area (Å²) in [6.45, 7) is 7.28. The summed E-state index contributed by atoms with van der Waals surface area (Å²) in [5.74, 6) is 0.643. The molecule has 1 aliphatic rings. The molecule has 130 valence electrons. The monoisotopic (exact) mass is 340 g/mol. The number of hydrogen-bond donors (Lipinski definition) is 1. The van der Waals surface area contributed by atoms with E-state index in [0.717, 1.165) is 31.5 Å². The number of phenols is 1. The van der Waals surface area contributed by atoms with Gasteiger partial charge in [0, 0.05) is 25.7 Å². The SMILES string of the molecule is CCN(C[C@@H]1CCCN(S(C)(=O)=O)C1)[C@H](C)c1cccc(O)c1. The Kier molecular flexibility index (Phi) is 6.06. The molecule has 1 aliphatic heterocycles. The lowest BCUT2D eigenvalue weighted by atomic mass is 9.97. The number of rotatable bonds is 6. The number of sulfonamides is 1. The standard InChI is InChI=1S/C17H28N2O3S/c1-4-18(14(2)16-8-5-9-17(20)11-16)12-15-7-6-10-19(13-15)23(3,21)22/h5,8-9,11,14-15,20H,4,6-7,10,12-13H2,1-3H3/t14-,15+/m1/s1. The van der Waals surface area contributed by atoms with Crippen LogP contribution in [0.2, 0.25) is 0 Å². The minimum atomic E-state index is -3.10. The predicted molar refractivity (Wildman–Crippen MR) is 92.9 cm³/mol. The third-order valence-corrected chi connectivity index (χ3v) is 6.02. The second-order valence-electron chi connectivity index (χ2n) is 6.49. The van der Waals surface area contributed by atoms with Crippen LogP contribution in [0.1, 0.15) is 38.3 Å². The summed E-state index contributed by atoms with van der Waals surface area (Å²) in [7, 11) is -3.10. The summed E-state index contributed by atoms with van der Waals surface area (Å²) >= 11 is 0. The minimum absolute atomic E-state index is 0.195. The largest absolute Gasteiger partial charge is 0.508 e. The lowest BCUT2D eigenvalue weighted by Gasteiger charge is -2.36. The van der Waals surface area contributed by atoms with Gasteiger partial charge in [-0.1, -0.05) is 19.1 Å². The van der Waals surface area contributed by atoms with E-state index in [1.165, 1.54) is 6.26 Å². The van der Waals surface area contributed by atoms with Crippen molar-refractivity contribution in [3.05, 3.63) is 29.8 Å². The second-order valence-corrected chi connectivity index (χ2v) is 8.47. The van der Waals surface area contributed by atoms with E-state index < -0.39 is 10.0 Å². The Bertz CT molecular complexity index is 618. The van der Waals surface area contributed by atoms with Crippen molar-refractivity contribution in [2.24, 2.45) is 5.92 Å². The molecule has 0 bridgehead atoms. The van der Waals surface area contributed by atoms with Gasteiger partial charge in [-0.15, -0.1) is 0 Å². The Morgan fingerprint density at radius 3 is 2.78 bits per heavy atom. The van der Waals surface area contributed by atoms with E-state index >= 15 is 0 Å². The number of nitrogens with zero attached hydrogens (tertiary/aromatic N) is 2. The Morgan fingerprint density at radius 1 is 1.43 bits per heavy atom. The van der Waals surface area contributed by atoms with Crippen LogP contribution < -0.4 is 0 Å². The molecule has 0 radical (unpaired) electrons. The molecule has 1 fully saturated rings. The first-order chi connectivity index (χ1) is 10.8. The van der Waals surface area contributed by atoms with Crippen molar-refractivity contribution < 1.29 is 13.5 Å². The molecular weight excluding hydrogens is 312 g/mol. The van der Waals surface area contributed by atoms with Gasteiger partial charge in [-0.3, -0.25) is 4.90 Å². The fourth-order valence-electron chi connectivity index (χ4n) is 3.37. The van der Waals surface area contributed by atoms with E-state index in [1.807, 2.05) is 12.1 Å². The molecule has 1 saturated heterocycles. The number of piperidine rings is 1. The van der Waals surface area contributed by atoms with Crippen molar-refractivity contribution in [2.75, 3.05) is 32.4 Å². The van der Waals surface area contributed by atoms with Crippen molar-refractivity contribution in [2.45, 2.75) is 32.7 Å². The maximum atomic E-state index is 11.8. The summed E-state index contributed by atoms with van der Waals surface area (Å²) < 4.78 is 25.1. The van der Waals surface area contributed by atoms with Crippen LogP contribution in [0, 0.1) is 5.92 Å². The summed E-state index contributed by atoms with van der Waals surface area (Å²) in [6.07, 6.45) is 3.29. The summed E-state index contributed by atoms with van der Waals surface area (Å²) in [5, 5.41) is 9.67. The van der Waals surface area contributed by atoms with E-state index in [-0.39, 0.29) is 11.8 Å². The zero-order valence-electron chi connectivity index (χ0n) is 14.3. The highest BCUT2D eigenvalue weighted by Gasteiger charge is 2.28. The highest BCUT2D eigenvalue weighted by Crippen LogP contribution is 2.26. The summed E-state index contributed by atoms with van der Waals surface area (Å²) in [5.41, 5.74) is 1.09. The van der Waals surface area contributed by atoms with E-state index in [1.54, 1.807) is 16.4 Å². The van der Waals surface area contributed by atoms with Gasteiger partial charge in [-0.2, -0.15) is 0 Å². The third-order valence-electron chi connectivity index (χ3n) is 4.75. The van der Waals surface area contributed by atoms with Crippen LogP contribution in [0.3, 0.4) is 0 Å². The van der Waals surface area contributed by atoms with Gasteiger partial charge in [0.25, 0.3) is 0 Å². The molecule has 0 spiro atoms. The molecule has 0 amide bonds. The van der Waals surface area contributed by atoms with Gasteiger partial charge in [-0.25, -0.2) is 12.7 Å². The highest BCUT2D eigenvalue weighted by molar-refractivity contribution is 7.88. The zero-order chi connectivity index (χ0) is 17.0. The smallest absolute Gasteiger partial charge is 0.211 e. The van der Waals surface area contributed by atoms with Gasteiger partial charge in [0.05, 0.1) is 6.26 Å². The minimum Gasteiger partial charge on any atom is -0.508 e. The molecule has 2 atom stereocenters. The van der Waals surface area contributed by atoms with Crippen LogP contribution in [0.4, 0.5) is 0 Å². The molecule has 5 nitrogen and oxygen atoms in total. The van der Waals surface area contributed by atoms with Crippen LogP contribution >= 0.6 is 0 Å². The van der Waals surface area contributed by atoms with Gasteiger partial charge in [-0.05, 0) is 49.9 Å². The first-order valence-corrected chi connectivity index (χ1v) is 10.1. The fraction of sp³-hybridized carbons (Fsp3) is 0.647. The van der Waals surface area contributed by atoms with Gasteiger partial charge in [0.2, 0.25) is 10.0 Å². The Morgan fingerprint density at radius 2 is 2.17 bits per heavy atom. The zero-order valence-corrected chi connectivity index (χ0v) is 15.1. The first-order valence-electron chi connectivity index (χ1n) is 8.29. The molecule has 1 N–H and O–H groups in total. The molecule has 0 aromatic heterocycles. The normalized spacial score (nSPS) is 21.5. The lowest BCUT2D eigenvalue weighted by molar-refractivity contribution is 0.150. The molecular formula is C17H28N2O3S. The summed E-state index contributed by atoms with van der Waals surface area (Å²) in [4.78, 5) is 2.35. The average Bonchev–Trinajstić information content (AvgIpc) is 2.51. The summed E-state index contributed by atoms with van der Waals surface area (Å²) in [6, 6.07) is 7.56. The maximum Gasteiger partial charge on any atom is 0.211 e. The van der Waals surface area contributed by atoms with E-state index in [9.17, 15) is 13.5 Å². The third kappa shape index (κ3) is 4.93. The number of phenolic OH excluding ortho intramolecular Hbond substituents is 1. The predicted octanol–water partition coefficient (Wildman–Crippen LogP) is 2.45. The Balaban J connectivity index is 2.04. The van der Waals surface area contributed by atoms with E-state index in [2.05, 4.69) is 18.7 Å². The quantitative estimate of drug-likeness (QED) is 0.864. The molecule has 6 heteroatoms. The van der Waals surface area contributed by atoms with E-state index in [0.29, 0.717) is 19.0 Å². The van der Waals surface area contributed by atoms with Crippen LogP contribution in [0.15, 0.2) is 24.3 Å². The average molecular weight is 340 g/mol. The lowest BCUT2D eigenvalue weighted by Crippen LogP contribution is -2.43. The molecule has 2 rings (SSSR count). The number of aromatic hydroxyl groups is 1. The molecule has 0 unspecified atom stereocenters. The molecule has 1 aromatic carbocycles. The van der Waals surface area contributed by atoms with E-state index in [4.69, 9.17) is 0 Å². The topological polar surface area (TPSA) is 60.9 Å². The van der Waals surface area contributed by atoms with Crippen molar-refractivity contribution in [3.63, 3.8) is 0 Å². The fourth-order valence-corrected chi connectivity index (χ4v) is 4.31. The van der Waals surface area contributed by atoms with Crippen molar-refractivity contribution in [1.29, 1.82) is 0 Å². The Labute approximate surface area is 140 Å². The molecule has 23 heavy (non-hydrogen) atoms. The van der Waals surface area contributed by atoms with Crippen LogP contribution in [0.5, 0.6) is 5.75 Å². The van der Waals surface area contributed by atoms with Gasteiger partial charge >= 0.3 is 0 Å². The van der Waals surface area contributed by atoms with Crippen molar-refractivity contribution in [3.8, 4) is 5.75 Å². The molecule has 1 heterocycles. The maximum absolute atomic E-state index is 11.8. The van der Waals surface area contributed by atoms with Crippen LogP contribution in [-0.4, -0.2) is 55.2 Å². The van der Waals surface area contributed by atoms with Crippen LogP contribution in [0.25, 0.3) is 0 Å². The number of benzene rings is 1. The van der Waals surface area contributed by atoms with Gasteiger partial charge < -0.3 is 5.11 Å². The first kappa shape index (κ1) is 18.2. The Hall–Kier alpha value is -1.11. The molecule has 0 saturated carbocycles. The van der Waals surface area contributed by atoms with Crippen LogP contribution in [-0.2, 0) is 10.0 Å². The highest BCUT2D eigenvalue weighted by atomic mass is 32.2.